The van der Waals surface area contributed by atoms with E-state index in [0.717, 1.165) is 11.0 Å². The van der Waals surface area contributed by atoms with Crippen molar-refractivity contribution in [1.82, 2.24) is 4.90 Å². The molecule has 2 rings (SSSR count). The minimum absolute atomic E-state index is 0.150. The number of halogens is 2. The van der Waals surface area contributed by atoms with E-state index in [4.69, 9.17) is 15.6 Å². The van der Waals surface area contributed by atoms with Crippen molar-refractivity contribution in [2.45, 2.75) is 57.7 Å². The van der Waals surface area contributed by atoms with Crippen molar-refractivity contribution in [2.24, 2.45) is 5.73 Å². The molecule has 0 bridgehead atoms. The van der Waals surface area contributed by atoms with Gasteiger partial charge in [0.05, 0.1) is 5.56 Å². The Morgan fingerprint density at radius 3 is 2.41 bits per heavy atom. The van der Waals surface area contributed by atoms with Gasteiger partial charge in [-0.05, 0) is 32.8 Å². The molecule has 0 saturated carbocycles. The quantitative estimate of drug-likeness (QED) is 0.658. The first kappa shape index (κ1) is 22.3. The fourth-order valence-electron chi connectivity index (χ4n) is 3.11. The third kappa shape index (κ3) is 4.69. The summed E-state index contributed by atoms with van der Waals surface area (Å²) >= 11 is 0. The molecule has 0 spiro atoms. The fourth-order valence-corrected chi connectivity index (χ4v) is 3.11. The number of fused-ring (bicyclic) bond motifs is 1. The molecule has 0 saturated heterocycles. The van der Waals surface area contributed by atoms with E-state index < -0.39 is 52.4 Å². The number of carbonyl (C=O) groups is 4. The number of carbonyl (C=O) groups excluding carboxylic acids is 3. The number of hydrogen-bond donors (Lipinski definition) is 2. The highest BCUT2D eigenvalue weighted by Crippen LogP contribution is 2.37. The van der Waals surface area contributed by atoms with Crippen LogP contribution in [-0.2, 0) is 31.6 Å². The maximum atomic E-state index is 14.1. The molecule has 29 heavy (non-hydrogen) atoms. The van der Waals surface area contributed by atoms with E-state index >= 15 is 0 Å². The second kappa shape index (κ2) is 7.76. The van der Waals surface area contributed by atoms with Gasteiger partial charge in [-0.2, -0.15) is 8.78 Å². The number of carboxylic acid groups (broad SMARTS) is 1. The van der Waals surface area contributed by atoms with Crippen LogP contribution < -0.4 is 5.73 Å². The molecule has 2 amide bonds. The molecular weight excluding hydrogens is 390 g/mol. The molecule has 8 nitrogen and oxygen atoms in total. The number of esters is 1. The standard InChI is InChI=1S/C19H22F2N2O6/c1-18(2,3)29-13(24)8-7-12(15(22)25)23-9-10-5-4-6-11(14(10)16(23)26)19(20,21)17(27)28/h4-6,12H,7-9H2,1-3H3,(H2,22,25)(H,27,28)/t12-/m1/s1. The van der Waals surface area contributed by atoms with Crippen molar-refractivity contribution in [3.05, 3.63) is 34.9 Å². The van der Waals surface area contributed by atoms with Gasteiger partial charge in [0.25, 0.3) is 5.91 Å². The molecule has 1 atom stereocenters. The van der Waals surface area contributed by atoms with Crippen LogP contribution in [0.4, 0.5) is 8.78 Å². The van der Waals surface area contributed by atoms with Crippen molar-refractivity contribution >= 4 is 23.8 Å². The van der Waals surface area contributed by atoms with Gasteiger partial charge in [0.2, 0.25) is 5.91 Å². The van der Waals surface area contributed by atoms with E-state index in [1.807, 2.05) is 0 Å². The average Bonchev–Trinajstić information content (AvgIpc) is 2.90. The molecule has 0 unspecified atom stereocenters. The van der Waals surface area contributed by atoms with Crippen LogP contribution in [0.5, 0.6) is 0 Å². The Bertz CT molecular complexity index is 863. The van der Waals surface area contributed by atoms with Gasteiger partial charge < -0.3 is 20.5 Å². The number of hydrogen-bond acceptors (Lipinski definition) is 5. The summed E-state index contributed by atoms with van der Waals surface area (Å²) in [4.78, 5) is 48.5. The van der Waals surface area contributed by atoms with Crippen LogP contribution >= 0.6 is 0 Å². The van der Waals surface area contributed by atoms with Crippen LogP contribution in [0.3, 0.4) is 0 Å². The summed E-state index contributed by atoms with van der Waals surface area (Å²) in [6, 6.07) is 2.21. The van der Waals surface area contributed by atoms with Gasteiger partial charge in [0.1, 0.15) is 11.6 Å². The maximum absolute atomic E-state index is 14.1. The topological polar surface area (TPSA) is 127 Å². The Morgan fingerprint density at radius 1 is 1.28 bits per heavy atom. The van der Waals surface area contributed by atoms with Crippen LogP contribution in [-0.4, -0.2) is 45.4 Å². The third-order valence-electron chi connectivity index (χ3n) is 4.32. The lowest BCUT2D eigenvalue weighted by Crippen LogP contribution is -2.45. The monoisotopic (exact) mass is 412 g/mol. The minimum Gasteiger partial charge on any atom is -0.477 e. The molecule has 0 aliphatic carbocycles. The number of nitrogens with zero attached hydrogens (tertiary/aromatic N) is 1. The molecule has 0 aromatic heterocycles. The zero-order chi connectivity index (χ0) is 22.1. The van der Waals surface area contributed by atoms with E-state index in [-0.39, 0.29) is 24.9 Å². The minimum atomic E-state index is -4.28. The number of amides is 2. The summed E-state index contributed by atoms with van der Waals surface area (Å²) in [5.74, 6) is -9.14. The van der Waals surface area contributed by atoms with Gasteiger partial charge in [-0.3, -0.25) is 14.4 Å². The van der Waals surface area contributed by atoms with Gasteiger partial charge in [-0.15, -0.1) is 0 Å². The van der Waals surface area contributed by atoms with Crippen LogP contribution in [0, 0.1) is 0 Å². The lowest BCUT2D eigenvalue weighted by atomic mass is 9.98. The molecule has 0 radical (unpaired) electrons. The van der Waals surface area contributed by atoms with Crippen LogP contribution in [0.15, 0.2) is 18.2 Å². The van der Waals surface area contributed by atoms with Gasteiger partial charge in [0, 0.05) is 18.5 Å². The second-order valence-electron chi connectivity index (χ2n) is 7.70. The molecule has 0 fully saturated rings. The Hall–Kier alpha value is -3.04. The van der Waals surface area contributed by atoms with E-state index in [2.05, 4.69) is 0 Å². The van der Waals surface area contributed by atoms with E-state index in [1.54, 1.807) is 20.8 Å². The van der Waals surface area contributed by atoms with Crippen molar-refractivity contribution < 1.29 is 37.8 Å². The first-order chi connectivity index (χ1) is 13.3. The number of carboxylic acids is 1. The molecule has 1 aliphatic rings. The van der Waals surface area contributed by atoms with Gasteiger partial charge >= 0.3 is 17.9 Å². The maximum Gasteiger partial charge on any atom is 0.379 e. The SMILES string of the molecule is CC(C)(C)OC(=O)CC[C@H](C(N)=O)N1Cc2cccc(C(F)(F)C(=O)O)c2C1=O. The first-order valence-corrected chi connectivity index (χ1v) is 8.81. The highest BCUT2D eigenvalue weighted by Gasteiger charge is 2.47. The summed E-state index contributed by atoms with van der Waals surface area (Å²) in [5.41, 5.74) is 3.36. The van der Waals surface area contributed by atoms with Crippen molar-refractivity contribution in [1.29, 1.82) is 0 Å². The normalized spacial score (nSPS) is 15.1. The number of alkyl halides is 2. The number of primary amides is 1. The number of rotatable bonds is 7. The molecule has 1 aromatic rings. The summed E-state index contributed by atoms with van der Waals surface area (Å²) in [7, 11) is 0. The van der Waals surface area contributed by atoms with Gasteiger partial charge in [0.15, 0.2) is 0 Å². The smallest absolute Gasteiger partial charge is 0.379 e. The van der Waals surface area contributed by atoms with Crippen molar-refractivity contribution in [3.8, 4) is 0 Å². The average molecular weight is 412 g/mol. The van der Waals surface area contributed by atoms with E-state index in [1.165, 1.54) is 12.1 Å². The predicted octanol–water partition coefficient (Wildman–Crippen LogP) is 1.79. The Kier molecular flexibility index (Phi) is 5.96. The Labute approximate surface area is 165 Å². The molecule has 1 aromatic carbocycles. The molecule has 10 heteroatoms. The summed E-state index contributed by atoms with van der Waals surface area (Å²) in [6.07, 6.45) is -0.377. The summed E-state index contributed by atoms with van der Waals surface area (Å²) < 4.78 is 33.3. The number of nitrogens with two attached hydrogens (primary N) is 1. The van der Waals surface area contributed by atoms with Gasteiger partial charge in [-0.25, -0.2) is 4.79 Å². The number of ether oxygens (including phenoxy) is 1. The summed E-state index contributed by atoms with van der Waals surface area (Å²) in [6.45, 7) is 4.80. The molecule has 3 N–H and O–H groups in total. The number of benzene rings is 1. The Balaban J connectivity index is 2.28. The Morgan fingerprint density at radius 2 is 1.90 bits per heavy atom. The highest BCUT2D eigenvalue weighted by molar-refractivity contribution is 6.03. The summed E-state index contributed by atoms with van der Waals surface area (Å²) in [5, 5.41) is 8.81. The molecule has 158 valence electrons. The van der Waals surface area contributed by atoms with Crippen molar-refractivity contribution in [2.75, 3.05) is 0 Å². The van der Waals surface area contributed by atoms with Crippen LogP contribution in [0.25, 0.3) is 0 Å². The second-order valence-corrected chi connectivity index (χ2v) is 7.70. The van der Waals surface area contributed by atoms with Crippen molar-refractivity contribution in [3.63, 3.8) is 0 Å². The third-order valence-corrected chi connectivity index (χ3v) is 4.32. The molecule has 1 aliphatic heterocycles. The molecule has 1 heterocycles. The first-order valence-electron chi connectivity index (χ1n) is 8.81. The zero-order valence-electron chi connectivity index (χ0n) is 16.2. The van der Waals surface area contributed by atoms with E-state index in [0.29, 0.717) is 0 Å². The lowest BCUT2D eigenvalue weighted by Gasteiger charge is -2.26. The fraction of sp³-hybridized carbons (Fsp3) is 0.474. The largest absolute Gasteiger partial charge is 0.477 e. The van der Waals surface area contributed by atoms with Crippen LogP contribution in [0.1, 0.15) is 55.1 Å². The van der Waals surface area contributed by atoms with E-state index in [9.17, 15) is 28.0 Å². The predicted molar refractivity (Wildman–Crippen MR) is 95.9 cm³/mol. The zero-order valence-corrected chi connectivity index (χ0v) is 16.2. The highest BCUT2D eigenvalue weighted by atomic mass is 19.3. The lowest BCUT2D eigenvalue weighted by molar-refractivity contribution is -0.166. The molecular formula is C19H22F2N2O6. The number of aliphatic carboxylic acids is 1. The van der Waals surface area contributed by atoms with Gasteiger partial charge in [-0.1, -0.05) is 18.2 Å². The van der Waals surface area contributed by atoms with Crippen LogP contribution in [0.2, 0.25) is 0 Å².